The van der Waals surface area contributed by atoms with E-state index in [9.17, 15) is 0 Å². The van der Waals surface area contributed by atoms with Crippen LogP contribution in [0.1, 0.15) is 71.1 Å². The van der Waals surface area contributed by atoms with Crippen LogP contribution in [-0.4, -0.2) is 25.3 Å². The molecule has 1 N–H and O–H groups in total. The van der Waals surface area contributed by atoms with Crippen molar-refractivity contribution in [2.24, 2.45) is 5.92 Å². The molecule has 0 aromatic heterocycles. The lowest BCUT2D eigenvalue weighted by atomic mass is 9.89. The molecule has 0 bridgehead atoms. The topological polar surface area (TPSA) is 21.3 Å². The molecule has 0 aliphatic heterocycles. The van der Waals surface area contributed by atoms with Gasteiger partial charge < -0.3 is 10.1 Å². The summed E-state index contributed by atoms with van der Waals surface area (Å²) in [4.78, 5) is 0. The Hall–Kier alpha value is -0.0800. The highest BCUT2D eigenvalue weighted by Gasteiger charge is 2.22. The zero-order valence-corrected chi connectivity index (χ0v) is 12.1. The van der Waals surface area contributed by atoms with Gasteiger partial charge in [0, 0.05) is 12.6 Å². The normalized spacial score (nSPS) is 30.5. The van der Waals surface area contributed by atoms with Gasteiger partial charge in [-0.25, -0.2) is 0 Å². The molecule has 0 saturated heterocycles. The minimum atomic E-state index is 0.562. The molecule has 106 valence electrons. The fourth-order valence-corrected chi connectivity index (χ4v) is 3.41. The van der Waals surface area contributed by atoms with E-state index in [1.54, 1.807) is 0 Å². The second kappa shape index (κ2) is 8.16. The molecule has 2 saturated carbocycles. The van der Waals surface area contributed by atoms with E-state index in [1.165, 1.54) is 70.8 Å². The van der Waals surface area contributed by atoms with E-state index in [4.69, 9.17) is 4.74 Å². The van der Waals surface area contributed by atoms with Gasteiger partial charge in [-0.05, 0) is 57.4 Å². The molecule has 18 heavy (non-hydrogen) atoms. The average molecular weight is 253 g/mol. The molecule has 0 aromatic carbocycles. The molecule has 0 amide bonds. The predicted octanol–water partition coefficient (Wildman–Crippen LogP) is 3.89. The fraction of sp³-hybridized carbons (Fsp3) is 1.00. The lowest BCUT2D eigenvalue weighted by Crippen LogP contribution is -2.36. The monoisotopic (exact) mass is 253 g/mol. The Labute approximate surface area is 113 Å². The molecule has 0 spiro atoms. The molecular formula is C16H31NO. The summed E-state index contributed by atoms with van der Waals surface area (Å²) >= 11 is 0. The van der Waals surface area contributed by atoms with Gasteiger partial charge in [0.1, 0.15) is 0 Å². The summed E-state index contributed by atoms with van der Waals surface area (Å²) in [6, 6.07) is 0.763. The van der Waals surface area contributed by atoms with Gasteiger partial charge in [0.05, 0.1) is 6.10 Å². The van der Waals surface area contributed by atoms with Gasteiger partial charge in [0.25, 0.3) is 0 Å². The van der Waals surface area contributed by atoms with Crippen molar-refractivity contribution in [3.8, 4) is 0 Å². The Balaban J connectivity index is 1.55. The first-order valence-corrected chi connectivity index (χ1v) is 8.23. The minimum Gasteiger partial charge on any atom is -0.378 e. The summed E-state index contributed by atoms with van der Waals surface area (Å²) in [6.07, 6.45) is 14.1. The maximum absolute atomic E-state index is 6.15. The second-order valence-electron chi connectivity index (χ2n) is 6.27. The summed E-state index contributed by atoms with van der Waals surface area (Å²) in [5, 5.41) is 3.64. The quantitative estimate of drug-likeness (QED) is 0.775. The first-order chi connectivity index (χ1) is 8.88. The third-order valence-corrected chi connectivity index (χ3v) is 4.65. The van der Waals surface area contributed by atoms with Gasteiger partial charge in [0.15, 0.2) is 0 Å². The largest absolute Gasteiger partial charge is 0.378 e. The number of nitrogens with one attached hydrogen (secondary N) is 1. The molecule has 0 atom stereocenters. The van der Waals surface area contributed by atoms with Crippen molar-refractivity contribution < 1.29 is 4.74 Å². The van der Waals surface area contributed by atoms with Crippen molar-refractivity contribution in [1.29, 1.82) is 0 Å². The maximum Gasteiger partial charge on any atom is 0.0576 e. The summed E-state index contributed by atoms with van der Waals surface area (Å²) in [5.41, 5.74) is 0. The first kappa shape index (κ1) is 14.3. The zero-order chi connectivity index (χ0) is 12.6. The Morgan fingerprint density at radius 1 is 0.944 bits per heavy atom. The van der Waals surface area contributed by atoms with Gasteiger partial charge in [-0.3, -0.25) is 0 Å². The second-order valence-corrected chi connectivity index (χ2v) is 6.27. The standard InChI is InChI=1S/C16H31NO/c1-2-12-17-15-8-10-16(11-9-15)18-13-14-6-4-3-5-7-14/h14-17H,2-13H2,1H3. The summed E-state index contributed by atoms with van der Waals surface area (Å²) in [6.45, 7) is 4.46. The summed E-state index contributed by atoms with van der Waals surface area (Å²) in [7, 11) is 0. The van der Waals surface area contributed by atoms with Crippen molar-refractivity contribution in [3.63, 3.8) is 0 Å². The Bertz CT molecular complexity index is 205. The van der Waals surface area contributed by atoms with E-state index in [-0.39, 0.29) is 0 Å². The maximum atomic E-state index is 6.15. The van der Waals surface area contributed by atoms with E-state index in [2.05, 4.69) is 12.2 Å². The van der Waals surface area contributed by atoms with Crippen LogP contribution in [0.15, 0.2) is 0 Å². The van der Waals surface area contributed by atoms with Crippen LogP contribution in [0.4, 0.5) is 0 Å². The number of rotatable bonds is 6. The van der Waals surface area contributed by atoms with E-state index in [0.717, 1.165) is 18.6 Å². The number of hydrogen-bond donors (Lipinski definition) is 1. The average Bonchev–Trinajstić information content (AvgIpc) is 2.45. The van der Waals surface area contributed by atoms with Crippen molar-refractivity contribution in [1.82, 2.24) is 5.32 Å². The lowest BCUT2D eigenvalue weighted by Gasteiger charge is -2.31. The fourth-order valence-electron chi connectivity index (χ4n) is 3.41. The smallest absolute Gasteiger partial charge is 0.0576 e. The molecule has 0 aromatic rings. The van der Waals surface area contributed by atoms with Crippen LogP contribution in [-0.2, 0) is 4.74 Å². The highest BCUT2D eigenvalue weighted by molar-refractivity contribution is 4.78. The molecule has 2 nitrogen and oxygen atoms in total. The molecule has 2 heteroatoms. The Morgan fingerprint density at radius 2 is 1.67 bits per heavy atom. The summed E-state index contributed by atoms with van der Waals surface area (Å²) in [5.74, 6) is 0.870. The Morgan fingerprint density at radius 3 is 2.33 bits per heavy atom. The van der Waals surface area contributed by atoms with Crippen LogP contribution in [0.5, 0.6) is 0 Å². The molecule has 2 aliphatic carbocycles. The van der Waals surface area contributed by atoms with Crippen LogP contribution in [0.25, 0.3) is 0 Å². The molecule has 2 rings (SSSR count). The molecular weight excluding hydrogens is 222 g/mol. The first-order valence-electron chi connectivity index (χ1n) is 8.23. The molecule has 0 radical (unpaired) electrons. The van der Waals surface area contributed by atoms with Crippen molar-refractivity contribution >= 4 is 0 Å². The zero-order valence-electron chi connectivity index (χ0n) is 12.1. The third-order valence-electron chi connectivity index (χ3n) is 4.65. The lowest BCUT2D eigenvalue weighted by molar-refractivity contribution is -0.00325. The number of hydrogen-bond acceptors (Lipinski definition) is 2. The van der Waals surface area contributed by atoms with Crippen molar-refractivity contribution in [2.45, 2.75) is 83.3 Å². The highest BCUT2D eigenvalue weighted by atomic mass is 16.5. The molecule has 2 fully saturated rings. The minimum absolute atomic E-state index is 0.562. The number of ether oxygens (including phenoxy) is 1. The summed E-state index contributed by atoms with van der Waals surface area (Å²) < 4.78 is 6.15. The molecule has 0 unspecified atom stereocenters. The van der Waals surface area contributed by atoms with Crippen molar-refractivity contribution in [2.75, 3.05) is 13.2 Å². The van der Waals surface area contributed by atoms with E-state index in [0.29, 0.717) is 6.10 Å². The highest BCUT2D eigenvalue weighted by Crippen LogP contribution is 2.26. The van der Waals surface area contributed by atoms with Gasteiger partial charge in [-0.1, -0.05) is 26.2 Å². The van der Waals surface area contributed by atoms with Crippen LogP contribution >= 0.6 is 0 Å². The van der Waals surface area contributed by atoms with Gasteiger partial charge >= 0.3 is 0 Å². The van der Waals surface area contributed by atoms with Gasteiger partial charge in [-0.15, -0.1) is 0 Å². The molecule has 0 heterocycles. The van der Waals surface area contributed by atoms with Crippen LogP contribution < -0.4 is 5.32 Å². The van der Waals surface area contributed by atoms with Gasteiger partial charge in [-0.2, -0.15) is 0 Å². The van der Waals surface area contributed by atoms with Crippen LogP contribution in [0.3, 0.4) is 0 Å². The third kappa shape index (κ3) is 4.89. The van der Waals surface area contributed by atoms with E-state index in [1.807, 2.05) is 0 Å². The Kier molecular flexibility index (Phi) is 6.50. The van der Waals surface area contributed by atoms with Crippen molar-refractivity contribution in [3.05, 3.63) is 0 Å². The van der Waals surface area contributed by atoms with Crippen LogP contribution in [0, 0.1) is 5.92 Å². The van der Waals surface area contributed by atoms with Gasteiger partial charge in [0.2, 0.25) is 0 Å². The van der Waals surface area contributed by atoms with E-state index >= 15 is 0 Å². The van der Waals surface area contributed by atoms with E-state index < -0.39 is 0 Å². The molecule has 2 aliphatic rings. The SMILES string of the molecule is CCCNC1CCC(OCC2CCCCC2)CC1. The van der Waals surface area contributed by atoms with Crippen LogP contribution in [0.2, 0.25) is 0 Å². The predicted molar refractivity (Wildman–Crippen MR) is 76.9 cm³/mol.